The van der Waals surface area contributed by atoms with Crippen molar-refractivity contribution in [1.82, 2.24) is 0 Å². The molecule has 0 heterocycles. The van der Waals surface area contributed by atoms with Crippen LogP contribution in [0.15, 0.2) is 92.1 Å². The summed E-state index contributed by atoms with van der Waals surface area (Å²) in [6.07, 6.45) is 3.97. The van der Waals surface area contributed by atoms with E-state index in [4.69, 9.17) is 19.5 Å². The molecule has 36 heavy (non-hydrogen) atoms. The van der Waals surface area contributed by atoms with E-state index >= 15 is 0 Å². The highest BCUT2D eigenvalue weighted by atomic mass is 32.3. The highest BCUT2D eigenvalue weighted by Gasteiger charge is 2.11. The van der Waals surface area contributed by atoms with E-state index in [1.54, 1.807) is 0 Å². The van der Waals surface area contributed by atoms with Crippen LogP contribution in [0.4, 0.5) is 0 Å². The first-order valence-corrected chi connectivity index (χ1v) is 12.6. The highest BCUT2D eigenvalue weighted by Crippen LogP contribution is 2.13. The molecule has 0 rings (SSSR count). The number of ether oxygens (including phenoxy) is 1. The van der Waals surface area contributed by atoms with E-state index in [0.717, 1.165) is 38.9 Å². The second kappa shape index (κ2) is 104. The number of unbranched alkanes of at least 4 members (excludes halogenated alkanes) is 1. The minimum Gasteiger partial charge on any atom is -0.394 e. The monoisotopic (exact) mass is 542 g/mol. The Morgan fingerprint density at radius 1 is 0.667 bits per heavy atom. The highest BCUT2D eigenvalue weighted by molar-refractivity contribution is 7.80. The van der Waals surface area contributed by atoms with Gasteiger partial charge in [0.25, 0.3) is 0 Å². The molecule has 0 fully saturated rings. The predicted octanol–water partition coefficient (Wildman–Crippen LogP) is 7.65. The quantitative estimate of drug-likeness (QED) is 0.192. The van der Waals surface area contributed by atoms with Crippen molar-refractivity contribution in [1.29, 1.82) is 0 Å². The van der Waals surface area contributed by atoms with Crippen LogP contribution in [0.25, 0.3) is 0 Å². The Balaban J connectivity index is -0.0000000309. The Labute approximate surface area is 226 Å². The summed E-state index contributed by atoms with van der Waals surface area (Å²) in [4.78, 5) is 0. The molecular formula is C28H62O7S. The van der Waals surface area contributed by atoms with Crippen molar-refractivity contribution < 1.29 is 32.1 Å². The summed E-state index contributed by atoms with van der Waals surface area (Å²) in [5.41, 5.74) is 0. The molecule has 1 atom stereocenters. The fraction of sp³-hybridized carbons (Fsp3) is 0.500. The van der Waals surface area contributed by atoms with Crippen molar-refractivity contribution in [2.45, 2.75) is 53.4 Å². The molecule has 0 saturated carbocycles. The van der Waals surface area contributed by atoms with E-state index in [2.05, 4.69) is 103 Å². The fourth-order valence-electron chi connectivity index (χ4n) is 1.28. The smallest absolute Gasteiger partial charge is 0.394 e. The van der Waals surface area contributed by atoms with Crippen molar-refractivity contribution in [2.75, 3.05) is 33.0 Å². The molecule has 0 aliphatic rings. The van der Waals surface area contributed by atoms with Gasteiger partial charge in [-0.3, -0.25) is 4.55 Å². The normalized spacial score (nSPS) is 7.97. The predicted molar refractivity (Wildman–Crippen MR) is 166 cm³/mol. The molecule has 0 aromatic carbocycles. The van der Waals surface area contributed by atoms with Gasteiger partial charge in [0.05, 0.1) is 19.8 Å². The molecule has 0 aromatic rings. The largest absolute Gasteiger partial charge is 0.397 e. The van der Waals surface area contributed by atoms with Gasteiger partial charge in [-0.25, -0.2) is 4.18 Å². The first-order valence-electron chi connectivity index (χ1n) is 11.2. The van der Waals surface area contributed by atoms with Gasteiger partial charge in [0.1, 0.15) is 0 Å². The molecule has 0 saturated heterocycles. The van der Waals surface area contributed by atoms with Crippen LogP contribution >= 0.6 is 0 Å². The minimum atomic E-state index is -4.25. The van der Waals surface area contributed by atoms with E-state index in [0.29, 0.717) is 0 Å². The minimum absolute atomic E-state index is 0.0926. The van der Waals surface area contributed by atoms with E-state index in [9.17, 15) is 8.42 Å². The summed E-state index contributed by atoms with van der Waals surface area (Å²) in [6, 6.07) is 0. The van der Waals surface area contributed by atoms with E-state index < -0.39 is 10.4 Å². The van der Waals surface area contributed by atoms with Gasteiger partial charge >= 0.3 is 10.4 Å². The zero-order valence-electron chi connectivity index (χ0n) is 24.2. The molecule has 0 amide bonds. The molecule has 0 aliphatic carbocycles. The average Bonchev–Trinajstić information content (AvgIpc) is 2.97. The van der Waals surface area contributed by atoms with Crippen LogP contribution < -0.4 is 0 Å². The van der Waals surface area contributed by atoms with E-state index in [-0.39, 0.29) is 25.7 Å². The maximum atomic E-state index is 10.3. The number of hydrogen-bond acceptors (Lipinski definition) is 6. The van der Waals surface area contributed by atoms with Gasteiger partial charge < -0.3 is 14.9 Å². The molecule has 1 unspecified atom stereocenters. The Morgan fingerprint density at radius 3 is 1.11 bits per heavy atom. The van der Waals surface area contributed by atoms with Gasteiger partial charge in [-0.1, -0.05) is 33.1 Å². The van der Waals surface area contributed by atoms with Crippen molar-refractivity contribution in [3.63, 3.8) is 0 Å². The topological polar surface area (TPSA) is 113 Å². The van der Waals surface area contributed by atoms with Crippen molar-refractivity contribution in [3.8, 4) is 0 Å². The summed E-state index contributed by atoms with van der Waals surface area (Å²) in [5, 5.41) is 15.2. The SMILES string of the molecule is C=C.C=C.C=C.C=C.C=C.C=C.C=C.CCCCC(CC)COS(=O)(=O)O.CCOCC.OCCO. The summed E-state index contributed by atoms with van der Waals surface area (Å²) in [7, 11) is -4.25. The summed E-state index contributed by atoms with van der Waals surface area (Å²) >= 11 is 0. The molecule has 0 spiro atoms. The second-order valence-corrected chi connectivity index (χ2v) is 5.45. The molecule has 222 valence electrons. The summed E-state index contributed by atoms with van der Waals surface area (Å²) < 4.78 is 38.0. The zero-order valence-corrected chi connectivity index (χ0v) is 25.0. The number of hydrogen-bond donors (Lipinski definition) is 3. The van der Waals surface area contributed by atoms with Crippen LogP contribution in [0.3, 0.4) is 0 Å². The molecule has 8 heteroatoms. The number of rotatable bonds is 10. The summed E-state index contributed by atoms with van der Waals surface area (Å²) in [5.74, 6) is 0.224. The molecule has 0 bridgehead atoms. The molecular weight excluding hydrogens is 480 g/mol. The first-order chi connectivity index (χ1) is 17.3. The lowest BCUT2D eigenvalue weighted by atomic mass is 10.0. The van der Waals surface area contributed by atoms with E-state index in [1.165, 1.54) is 0 Å². The second-order valence-electron chi connectivity index (χ2n) is 4.36. The van der Waals surface area contributed by atoms with Crippen molar-refractivity contribution >= 4 is 10.4 Å². The third kappa shape index (κ3) is 183. The average molecular weight is 543 g/mol. The number of aliphatic hydroxyl groups is 2. The molecule has 0 aliphatic heterocycles. The lowest BCUT2D eigenvalue weighted by Gasteiger charge is -2.12. The van der Waals surface area contributed by atoms with E-state index in [1.807, 2.05) is 20.8 Å². The van der Waals surface area contributed by atoms with Crippen molar-refractivity contribution in [3.05, 3.63) is 92.1 Å². The van der Waals surface area contributed by atoms with Crippen LogP contribution in [0.5, 0.6) is 0 Å². The molecule has 0 radical (unpaired) electrons. The van der Waals surface area contributed by atoms with Gasteiger partial charge in [-0.05, 0) is 26.2 Å². The Kier molecular flexibility index (Phi) is 186. The summed E-state index contributed by atoms with van der Waals surface area (Å²) in [6.45, 7) is 51.6. The third-order valence-corrected chi connectivity index (χ3v) is 2.94. The molecule has 3 N–H and O–H groups in total. The Hall–Kier alpha value is -2.07. The van der Waals surface area contributed by atoms with Gasteiger partial charge in [-0.2, -0.15) is 8.42 Å². The van der Waals surface area contributed by atoms with Gasteiger partial charge in [0, 0.05) is 13.2 Å². The zero-order chi connectivity index (χ0) is 31.9. The fourth-order valence-corrected chi connectivity index (χ4v) is 1.65. The lowest BCUT2D eigenvalue weighted by Crippen LogP contribution is -2.13. The standard InChI is InChI=1S/C8H18O4S.C4H10O.C2H6O2.7C2H4/c1-3-5-6-8(4-2)7-12-13(9,10)11;1-3-5-4-2;3-1-2-4;7*1-2/h8H,3-7H2,1-2H3,(H,9,10,11);3-4H2,1-2H3;3-4H,1-2H2;7*1-2H2. The van der Waals surface area contributed by atoms with Crippen LogP contribution in [-0.4, -0.2) is 56.2 Å². The van der Waals surface area contributed by atoms with Gasteiger partial charge in [-0.15, -0.1) is 92.1 Å². The molecule has 0 aromatic heterocycles. The molecule has 7 nitrogen and oxygen atoms in total. The maximum absolute atomic E-state index is 10.3. The Bertz CT molecular complexity index is 354. The van der Waals surface area contributed by atoms with Crippen LogP contribution in [0.1, 0.15) is 53.4 Å². The number of aliphatic hydroxyl groups excluding tert-OH is 2. The van der Waals surface area contributed by atoms with Crippen LogP contribution in [0, 0.1) is 5.92 Å². The maximum Gasteiger partial charge on any atom is 0.397 e. The van der Waals surface area contributed by atoms with Gasteiger partial charge in [0.2, 0.25) is 0 Å². The first kappa shape index (κ1) is 64.3. The van der Waals surface area contributed by atoms with Crippen LogP contribution in [-0.2, 0) is 19.3 Å². The van der Waals surface area contributed by atoms with Gasteiger partial charge in [0.15, 0.2) is 0 Å². The third-order valence-electron chi connectivity index (χ3n) is 2.50. The van der Waals surface area contributed by atoms with Crippen molar-refractivity contribution in [2.24, 2.45) is 5.92 Å². The lowest BCUT2D eigenvalue weighted by molar-refractivity contribution is 0.162. The van der Waals surface area contributed by atoms with Crippen LogP contribution in [0.2, 0.25) is 0 Å². The Morgan fingerprint density at radius 2 is 0.972 bits per heavy atom.